The first kappa shape index (κ1) is 20.0. The minimum absolute atomic E-state index is 0.133. The Kier molecular flexibility index (Phi) is 4.79. The number of sulfonamides is 1. The number of aryl methyl sites for hydroxylation is 1. The van der Waals surface area contributed by atoms with E-state index in [0.29, 0.717) is 22.2 Å². The largest absolute Gasteiger partial charge is 0.456 e. The van der Waals surface area contributed by atoms with Gasteiger partial charge in [-0.15, -0.1) is 0 Å². The Morgan fingerprint density at radius 3 is 2.12 bits per heavy atom. The lowest BCUT2D eigenvalue weighted by molar-refractivity contribution is 0.596. The molecule has 0 aliphatic carbocycles. The third-order valence-electron chi connectivity index (χ3n) is 5.35. The smallest absolute Gasteiger partial charge is 0.268 e. The van der Waals surface area contributed by atoms with Crippen LogP contribution in [0.15, 0.2) is 111 Å². The molecule has 0 aliphatic rings. The molecule has 0 amide bonds. The summed E-state index contributed by atoms with van der Waals surface area (Å²) in [7, 11) is -4.03. The van der Waals surface area contributed by atoms with Crippen molar-refractivity contribution < 1.29 is 12.8 Å². The Balaban J connectivity index is 1.86. The Labute approximate surface area is 185 Å². The molecule has 5 nitrogen and oxygen atoms in total. The molecule has 32 heavy (non-hydrogen) atoms. The van der Waals surface area contributed by atoms with Crippen molar-refractivity contribution in [1.29, 1.82) is 0 Å². The van der Waals surface area contributed by atoms with Crippen LogP contribution in [-0.4, -0.2) is 8.42 Å². The quantitative estimate of drug-likeness (QED) is 0.332. The fourth-order valence-corrected chi connectivity index (χ4v) is 5.29. The maximum absolute atomic E-state index is 13.9. The molecule has 6 heteroatoms. The third kappa shape index (κ3) is 3.25. The molecule has 0 saturated carbocycles. The van der Waals surface area contributed by atoms with Crippen LogP contribution in [0.5, 0.6) is 0 Å². The fourth-order valence-electron chi connectivity index (χ4n) is 3.78. The van der Waals surface area contributed by atoms with Gasteiger partial charge in [0, 0.05) is 0 Å². The first-order valence-corrected chi connectivity index (χ1v) is 11.5. The molecule has 0 N–H and O–H groups in total. The highest BCUT2D eigenvalue weighted by Crippen LogP contribution is 2.36. The van der Waals surface area contributed by atoms with Crippen molar-refractivity contribution in [2.24, 2.45) is 0 Å². The average molecular weight is 442 g/mol. The van der Waals surface area contributed by atoms with E-state index in [0.717, 1.165) is 5.56 Å². The van der Waals surface area contributed by atoms with E-state index in [1.54, 1.807) is 91.0 Å². The van der Waals surface area contributed by atoms with Crippen LogP contribution in [0.25, 0.3) is 21.9 Å². The van der Waals surface area contributed by atoms with E-state index in [2.05, 4.69) is 0 Å². The topological polar surface area (TPSA) is 67.6 Å². The molecule has 0 atom stereocenters. The van der Waals surface area contributed by atoms with E-state index in [-0.39, 0.29) is 21.4 Å². The van der Waals surface area contributed by atoms with Gasteiger partial charge in [-0.25, -0.2) is 12.7 Å². The molecule has 158 valence electrons. The van der Waals surface area contributed by atoms with Gasteiger partial charge in [0.15, 0.2) is 0 Å². The van der Waals surface area contributed by atoms with Gasteiger partial charge in [0.2, 0.25) is 5.43 Å². The molecular weight excluding hydrogens is 422 g/mol. The molecule has 0 bridgehead atoms. The highest BCUT2D eigenvalue weighted by molar-refractivity contribution is 7.93. The van der Waals surface area contributed by atoms with Gasteiger partial charge in [0.1, 0.15) is 11.2 Å². The molecule has 4 aromatic carbocycles. The molecule has 0 saturated heterocycles. The Bertz CT molecular complexity index is 1610. The van der Waals surface area contributed by atoms with E-state index in [4.69, 9.17) is 4.42 Å². The SMILES string of the molecule is Cc1ccc(S(=O)(=O)N(c2ccccc2)c2cccc3oc4ccccc4c(=O)c23)cc1. The molecule has 5 aromatic rings. The second-order valence-electron chi connectivity index (χ2n) is 7.50. The fraction of sp³-hybridized carbons (Fsp3) is 0.0385. The van der Waals surface area contributed by atoms with Crippen molar-refractivity contribution >= 4 is 43.3 Å². The Hall–Kier alpha value is -3.90. The first-order chi connectivity index (χ1) is 15.5. The van der Waals surface area contributed by atoms with Gasteiger partial charge in [-0.05, 0) is 55.5 Å². The predicted octanol–water partition coefficient (Wildman–Crippen LogP) is 5.78. The van der Waals surface area contributed by atoms with Gasteiger partial charge < -0.3 is 4.42 Å². The molecule has 1 aromatic heterocycles. The standard InChI is InChI=1S/C26H19NO4S/c1-18-14-16-20(17-15-18)32(29,30)27(19-8-3-2-4-9-19)22-11-7-13-24-25(22)26(28)21-10-5-6-12-23(21)31-24/h2-17H,1H3. The molecule has 0 aliphatic heterocycles. The maximum Gasteiger partial charge on any atom is 0.268 e. The summed E-state index contributed by atoms with van der Waals surface area (Å²) in [5.74, 6) is 0. The van der Waals surface area contributed by atoms with Gasteiger partial charge in [0.25, 0.3) is 10.0 Å². The number of para-hydroxylation sites is 2. The highest BCUT2D eigenvalue weighted by atomic mass is 32.2. The Morgan fingerprint density at radius 2 is 1.38 bits per heavy atom. The normalized spacial score (nSPS) is 11.7. The van der Waals surface area contributed by atoms with Crippen LogP contribution in [0.2, 0.25) is 0 Å². The van der Waals surface area contributed by atoms with Crippen molar-refractivity contribution in [3.63, 3.8) is 0 Å². The van der Waals surface area contributed by atoms with Crippen LogP contribution >= 0.6 is 0 Å². The van der Waals surface area contributed by atoms with Gasteiger partial charge in [-0.2, -0.15) is 0 Å². The van der Waals surface area contributed by atoms with Crippen molar-refractivity contribution in [2.45, 2.75) is 11.8 Å². The van der Waals surface area contributed by atoms with E-state index in [9.17, 15) is 13.2 Å². The lowest BCUT2D eigenvalue weighted by Crippen LogP contribution is -2.27. The molecule has 0 spiro atoms. The van der Waals surface area contributed by atoms with Crippen LogP contribution in [0, 0.1) is 6.92 Å². The molecule has 1 heterocycles. The van der Waals surface area contributed by atoms with Crippen LogP contribution in [0.4, 0.5) is 11.4 Å². The second-order valence-corrected chi connectivity index (χ2v) is 9.28. The van der Waals surface area contributed by atoms with Gasteiger partial charge in [-0.1, -0.05) is 54.1 Å². The van der Waals surface area contributed by atoms with Gasteiger partial charge in [0.05, 0.1) is 27.0 Å². The van der Waals surface area contributed by atoms with Crippen LogP contribution in [0.1, 0.15) is 5.56 Å². The van der Waals surface area contributed by atoms with Gasteiger partial charge >= 0.3 is 0 Å². The van der Waals surface area contributed by atoms with Crippen LogP contribution in [-0.2, 0) is 10.0 Å². The number of benzene rings is 4. The zero-order valence-corrected chi connectivity index (χ0v) is 18.0. The predicted molar refractivity (Wildman–Crippen MR) is 127 cm³/mol. The zero-order valence-electron chi connectivity index (χ0n) is 17.2. The number of hydrogen-bond acceptors (Lipinski definition) is 4. The first-order valence-electron chi connectivity index (χ1n) is 10.1. The zero-order chi connectivity index (χ0) is 22.3. The number of fused-ring (bicyclic) bond motifs is 2. The summed E-state index contributed by atoms with van der Waals surface area (Å²) in [6.07, 6.45) is 0. The monoisotopic (exact) mass is 441 g/mol. The third-order valence-corrected chi connectivity index (χ3v) is 7.11. The summed E-state index contributed by atoms with van der Waals surface area (Å²) in [6.45, 7) is 1.90. The molecule has 0 fully saturated rings. The molecular formula is C26H19NO4S. The Morgan fingerprint density at radius 1 is 0.719 bits per heavy atom. The van der Waals surface area contributed by atoms with Crippen LogP contribution < -0.4 is 9.73 Å². The van der Waals surface area contributed by atoms with Crippen molar-refractivity contribution in [3.05, 3.63) is 113 Å². The number of nitrogens with zero attached hydrogens (tertiary/aromatic N) is 1. The lowest BCUT2D eigenvalue weighted by Gasteiger charge is -2.25. The summed E-state index contributed by atoms with van der Waals surface area (Å²) < 4.78 is 34.9. The van der Waals surface area contributed by atoms with E-state index >= 15 is 0 Å². The summed E-state index contributed by atoms with van der Waals surface area (Å²) in [4.78, 5) is 13.6. The van der Waals surface area contributed by atoms with Crippen molar-refractivity contribution in [1.82, 2.24) is 0 Å². The van der Waals surface area contributed by atoms with Crippen molar-refractivity contribution in [3.8, 4) is 0 Å². The average Bonchev–Trinajstić information content (AvgIpc) is 2.80. The summed E-state index contributed by atoms with van der Waals surface area (Å²) in [5, 5.41) is 0.610. The van der Waals surface area contributed by atoms with Gasteiger partial charge in [-0.3, -0.25) is 4.79 Å². The summed E-state index contributed by atoms with van der Waals surface area (Å²) in [5.41, 5.74) is 2.12. The number of anilines is 2. The van der Waals surface area contributed by atoms with Crippen LogP contribution in [0.3, 0.4) is 0 Å². The van der Waals surface area contributed by atoms with E-state index in [1.165, 1.54) is 4.31 Å². The summed E-state index contributed by atoms with van der Waals surface area (Å²) in [6, 6.07) is 27.3. The molecule has 0 radical (unpaired) electrons. The minimum atomic E-state index is -4.03. The highest BCUT2D eigenvalue weighted by Gasteiger charge is 2.29. The second kappa shape index (κ2) is 7.66. The molecule has 0 unspecified atom stereocenters. The molecule has 5 rings (SSSR count). The lowest BCUT2D eigenvalue weighted by atomic mass is 10.1. The maximum atomic E-state index is 13.9. The summed E-state index contributed by atoms with van der Waals surface area (Å²) >= 11 is 0. The van der Waals surface area contributed by atoms with E-state index < -0.39 is 10.0 Å². The van der Waals surface area contributed by atoms with E-state index in [1.807, 2.05) is 13.0 Å². The van der Waals surface area contributed by atoms with Crippen molar-refractivity contribution in [2.75, 3.05) is 4.31 Å². The number of rotatable bonds is 4. The number of hydrogen-bond donors (Lipinski definition) is 0. The minimum Gasteiger partial charge on any atom is -0.456 e.